The molecule has 1 saturated carbocycles. The summed E-state index contributed by atoms with van der Waals surface area (Å²) >= 11 is 6.37. The van der Waals surface area contributed by atoms with Crippen LogP contribution in [0.15, 0.2) is 33.6 Å². The number of aromatic amines is 1. The number of nitrogens with one attached hydrogen (secondary N) is 1. The lowest BCUT2D eigenvalue weighted by molar-refractivity contribution is 0.0534. The van der Waals surface area contributed by atoms with Crippen molar-refractivity contribution in [1.29, 1.82) is 0 Å². The van der Waals surface area contributed by atoms with E-state index in [0.29, 0.717) is 72.1 Å². The summed E-state index contributed by atoms with van der Waals surface area (Å²) < 4.78 is 12.2. The molecule has 198 valence electrons. The van der Waals surface area contributed by atoms with Crippen molar-refractivity contribution in [1.82, 2.24) is 29.7 Å². The molecule has 1 aliphatic carbocycles. The number of H-pyrrole nitrogens is 1. The third kappa shape index (κ3) is 4.90. The number of hydrogen-bond acceptors (Lipinski definition) is 8. The number of fused-ring (bicyclic) bond motifs is 1. The zero-order valence-corrected chi connectivity index (χ0v) is 21.9. The summed E-state index contributed by atoms with van der Waals surface area (Å²) in [6.45, 7) is 4.08. The lowest BCUT2D eigenvalue weighted by Gasteiger charge is -2.27. The Morgan fingerprint density at radius 3 is 2.61 bits per heavy atom. The highest BCUT2D eigenvalue weighted by molar-refractivity contribution is 6.30. The molecule has 10 nitrogen and oxygen atoms in total. The monoisotopic (exact) mass is 536 g/mol. The number of nitrogens with zero attached hydrogens (tertiary/aromatic N) is 5. The van der Waals surface area contributed by atoms with Gasteiger partial charge in [-0.15, -0.1) is 0 Å². The molecule has 2 fully saturated rings. The van der Waals surface area contributed by atoms with Gasteiger partial charge in [0.1, 0.15) is 11.2 Å². The smallest absolute Gasteiger partial charge is 0.381 e. The van der Waals surface area contributed by atoms with Crippen LogP contribution >= 0.6 is 11.6 Å². The topological polar surface area (TPSA) is 129 Å². The SMILES string of the molecule is CC1CCC(Cn2c(C(=O)C3CCOCC3)nc3nc(-c4noc(=O)[nH]4)nc(-c4cccc(Cl)c4)c32)CC1. The van der Waals surface area contributed by atoms with Crippen LogP contribution in [0.4, 0.5) is 0 Å². The molecule has 0 amide bonds. The van der Waals surface area contributed by atoms with E-state index >= 15 is 0 Å². The summed E-state index contributed by atoms with van der Waals surface area (Å²) in [6, 6.07) is 7.36. The Hall–Kier alpha value is -3.37. The fraction of sp³-hybridized carbons (Fsp3) is 0.481. The molecule has 0 bridgehead atoms. The van der Waals surface area contributed by atoms with Crippen LogP contribution in [0, 0.1) is 17.8 Å². The fourth-order valence-electron chi connectivity index (χ4n) is 5.58. The molecule has 1 aromatic carbocycles. The summed E-state index contributed by atoms with van der Waals surface area (Å²) in [5.74, 6) is 0.918. The number of benzene rings is 1. The average Bonchev–Trinajstić information content (AvgIpc) is 3.53. The number of halogens is 1. The van der Waals surface area contributed by atoms with Crippen molar-refractivity contribution in [2.45, 2.75) is 52.0 Å². The first-order chi connectivity index (χ1) is 18.5. The molecule has 0 spiro atoms. The van der Waals surface area contributed by atoms with Crippen LogP contribution in [0.2, 0.25) is 5.02 Å². The zero-order valence-electron chi connectivity index (χ0n) is 21.2. The highest BCUT2D eigenvalue weighted by Gasteiger charge is 2.31. The predicted molar refractivity (Wildman–Crippen MR) is 141 cm³/mol. The Balaban J connectivity index is 1.56. The van der Waals surface area contributed by atoms with E-state index < -0.39 is 5.76 Å². The average molecular weight is 537 g/mol. The third-order valence-electron chi connectivity index (χ3n) is 7.74. The van der Waals surface area contributed by atoms with Gasteiger partial charge in [0.15, 0.2) is 11.5 Å². The van der Waals surface area contributed by atoms with Gasteiger partial charge in [-0.05, 0) is 49.7 Å². The Kier molecular flexibility index (Phi) is 6.84. The first-order valence-electron chi connectivity index (χ1n) is 13.2. The van der Waals surface area contributed by atoms with Crippen LogP contribution < -0.4 is 5.76 Å². The molecule has 1 N–H and O–H groups in total. The lowest BCUT2D eigenvalue weighted by atomic mass is 9.83. The molecule has 1 aliphatic heterocycles. The van der Waals surface area contributed by atoms with E-state index in [1.54, 1.807) is 6.07 Å². The van der Waals surface area contributed by atoms with E-state index in [0.717, 1.165) is 18.4 Å². The van der Waals surface area contributed by atoms with E-state index in [1.807, 2.05) is 22.8 Å². The molecular weight excluding hydrogens is 508 g/mol. The van der Waals surface area contributed by atoms with Gasteiger partial charge in [-0.2, -0.15) is 0 Å². The molecular formula is C27H29ClN6O4. The number of imidazole rings is 1. The highest BCUT2D eigenvalue weighted by Crippen LogP contribution is 2.35. The number of rotatable bonds is 6. The summed E-state index contributed by atoms with van der Waals surface area (Å²) in [7, 11) is 0. The van der Waals surface area contributed by atoms with Crippen LogP contribution in [0.25, 0.3) is 34.1 Å². The van der Waals surface area contributed by atoms with Gasteiger partial charge < -0.3 is 9.30 Å². The lowest BCUT2D eigenvalue weighted by Crippen LogP contribution is -2.27. The Morgan fingerprint density at radius 2 is 1.89 bits per heavy atom. The van der Waals surface area contributed by atoms with Crippen LogP contribution in [0.1, 0.15) is 56.1 Å². The predicted octanol–water partition coefficient (Wildman–Crippen LogP) is 4.93. The fourth-order valence-corrected chi connectivity index (χ4v) is 5.77. The van der Waals surface area contributed by atoms with Gasteiger partial charge in [-0.1, -0.05) is 48.7 Å². The van der Waals surface area contributed by atoms with Crippen molar-refractivity contribution in [2.24, 2.45) is 17.8 Å². The van der Waals surface area contributed by atoms with Crippen molar-refractivity contribution in [2.75, 3.05) is 13.2 Å². The van der Waals surface area contributed by atoms with Crippen molar-refractivity contribution in [3.05, 3.63) is 45.7 Å². The minimum Gasteiger partial charge on any atom is -0.381 e. The molecule has 3 aromatic heterocycles. The second kappa shape index (κ2) is 10.4. The van der Waals surface area contributed by atoms with Crippen LogP contribution in [0.3, 0.4) is 0 Å². The minimum absolute atomic E-state index is 0.00362. The molecule has 0 unspecified atom stereocenters. The van der Waals surface area contributed by atoms with Crippen molar-refractivity contribution >= 4 is 28.5 Å². The number of Topliss-reactive ketones (excluding diaryl/α,β-unsaturated/α-hetero) is 1. The summed E-state index contributed by atoms with van der Waals surface area (Å²) in [4.78, 5) is 42.3. The van der Waals surface area contributed by atoms with Crippen molar-refractivity contribution in [3.63, 3.8) is 0 Å². The zero-order chi connectivity index (χ0) is 26.2. The number of carbonyl (C=O) groups is 1. The van der Waals surface area contributed by atoms with E-state index in [2.05, 4.69) is 22.0 Å². The van der Waals surface area contributed by atoms with E-state index in [9.17, 15) is 9.59 Å². The Labute approximate surface area is 223 Å². The largest absolute Gasteiger partial charge is 0.439 e. The third-order valence-corrected chi connectivity index (χ3v) is 7.98. The van der Waals surface area contributed by atoms with E-state index in [4.69, 9.17) is 30.8 Å². The quantitative estimate of drug-likeness (QED) is 0.343. The number of carbonyl (C=O) groups excluding carboxylic acids is 1. The van der Waals surface area contributed by atoms with Crippen molar-refractivity contribution in [3.8, 4) is 22.9 Å². The second-order valence-corrected chi connectivity index (χ2v) is 10.9. The van der Waals surface area contributed by atoms with Crippen molar-refractivity contribution < 1.29 is 14.1 Å². The van der Waals surface area contributed by atoms with Gasteiger partial charge in [-0.25, -0.2) is 19.7 Å². The maximum Gasteiger partial charge on any atom is 0.439 e. The van der Waals surface area contributed by atoms with Crippen LogP contribution in [-0.2, 0) is 11.3 Å². The number of hydrogen-bond donors (Lipinski definition) is 1. The first kappa shape index (κ1) is 24.9. The van der Waals surface area contributed by atoms with Gasteiger partial charge in [0.05, 0.1) is 0 Å². The molecule has 0 atom stereocenters. The molecule has 38 heavy (non-hydrogen) atoms. The normalized spacial score (nSPS) is 20.7. The summed E-state index contributed by atoms with van der Waals surface area (Å²) in [5.41, 5.74) is 2.36. The van der Waals surface area contributed by atoms with Crippen LogP contribution in [0.5, 0.6) is 0 Å². The number of ketones is 1. The van der Waals surface area contributed by atoms with Gasteiger partial charge in [-0.3, -0.25) is 14.3 Å². The Morgan fingerprint density at radius 1 is 1.11 bits per heavy atom. The van der Waals surface area contributed by atoms with Crippen LogP contribution in [-0.4, -0.2) is 48.7 Å². The van der Waals surface area contributed by atoms with Gasteiger partial charge in [0.25, 0.3) is 0 Å². The van der Waals surface area contributed by atoms with Gasteiger partial charge >= 0.3 is 5.76 Å². The number of ether oxygens (including phenoxy) is 1. The molecule has 0 radical (unpaired) electrons. The Bertz CT molecular complexity index is 1530. The summed E-state index contributed by atoms with van der Waals surface area (Å²) in [6.07, 6.45) is 5.86. The molecule has 6 rings (SSSR count). The standard InChI is InChI=1S/C27H29ClN6O4/c1-15-5-7-16(8-6-15)14-34-21-20(18-3-2-4-19(28)13-18)29-24(25-32-27(36)38-33-25)30-23(21)31-26(34)22(35)17-9-11-37-12-10-17/h2-4,13,15-17H,5-12,14H2,1H3,(H,32,33,36). The summed E-state index contributed by atoms with van der Waals surface area (Å²) in [5, 5.41) is 4.33. The molecule has 1 saturated heterocycles. The maximum absolute atomic E-state index is 13.9. The molecule has 2 aliphatic rings. The number of aromatic nitrogens is 6. The highest BCUT2D eigenvalue weighted by atomic mass is 35.5. The second-order valence-electron chi connectivity index (χ2n) is 10.4. The first-order valence-corrected chi connectivity index (χ1v) is 13.6. The molecule has 11 heteroatoms. The van der Waals surface area contributed by atoms with Gasteiger partial charge in [0, 0.05) is 36.3 Å². The molecule has 4 heterocycles. The molecule has 4 aromatic rings. The van der Waals surface area contributed by atoms with E-state index in [1.165, 1.54) is 12.8 Å². The maximum atomic E-state index is 13.9. The van der Waals surface area contributed by atoms with E-state index in [-0.39, 0.29) is 23.3 Å². The van der Waals surface area contributed by atoms with Gasteiger partial charge in [0.2, 0.25) is 17.4 Å². The minimum atomic E-state index is -0.708.